The fraction of sp³-hybridized carbons (Fsp3) is 0.571. The fourth-order valence-corrected chi connectivity index (χ4v) is 0.549. The quantitative estimate of drug-likeness (QED) is 0.355. The zero-order chi connectivity index (χ0) is 8.69. The van der Waals surface area contributed by atoms with Crippen molar-refractivity contribution in [1.29, 1.82) is 0 Å². The average molecular weight is 157 g/mol. The van der Waals surface area contributed by atoms with E-state index in [1.165, 1.54) is 0 Å². The zero-order valence-electron chi connectivity index (χ0n) is 6.08. The predicted octanol–water partition coefficient (Wildman–Crippen LogP) is -0.955. The van der Waals surface area contributed by atoms with Gasteiger partial charge in [-0.3, -0.25) is 4.79 Å². The lowest BCUT2D eigenvalue weighted by molar-refractivity contribution is -0.140. The first kappa shape index (κ1) is 9.95. The summed E-state index contributed by atoms with van der Waals surface area (Å²) in [5.41, 5.74) is 0. The highest BCUT2D eigenvalue weighted by Gasteiger charge is 2.13. The van der Waals surface area contributed by atoms with Gasteiger partial charge in [0.2, 0.25) is 0 Å². The molecule has 4 heteroatoms. The minimum Gasteiger partial charge on any atom is -0.480 e. The summed E-state index contributed by atoms with van der Waals surface area (Å²) in [4.78, 5) is 10.3. The van der Waals surface area contributed by atoms with Crippen LogP contribution in [0.1, 0.15) is 6.42 Å². The molecule has 0 aromatic heterocycles. The second-order valence-corrected chi connectivity index (χ2v) is 1.98. The molecule has 0 amide bonds. The van der Waals surface area contributed by atoms with Crippen molar-refractivity contribution in [3.05, 3.63) is 0 Å². The van der Waals surface area contributed by atoms with Crippen molar-refractivity contribution in [3.8, 4) is 12.3 Å². The molecule has 0 fully saturated rings. The van der Waals surface area contributed by atoms with E-state index in [4.69, 9.17) is 16.6 Å². The van der Waals surface area contributed by atoms with Crippen LogP contribution in [0, 0.1) is 12.3 Å². The Morgan fingerprint density at radius 3 is 2.73 bits per heavy atom. The Labute approximate surface area is 65.2 Å². The van der Waals surface area contributed by atoms with Crippen molar-refractivity contribution >= 4 is 5.97 Å². The molecular weight excluding hydrogens is 146 g/mol. The van der Waals surface area contributed by atoms with E-state index in [-0.39, 0.29) is 0 Å². The van der Waals surface area contributed by atoms with Crippen molar-refractivity contribution in [3.63, 3.8) is 0 Å². The van der Waals surface area contributed by atoms with Crippen LogP contribution in [0.25, 0.3) is 0 Å². The molecule has 0 heterocycles. The van der Waals surface area contributed by atoms with Crippen LogP contribution < -0.4 is 5.32 Å². The number of terminal acetylenes is 1. The lowest BCUT2D eigenvalue weighted by Crippen LogP contribution is -2.40. The summed E-state index contributed by atoms with van der Waals surface area (Å²) in [6, 6.07) is -0.900. The largest absolute Gasteiger partial charge is 0.480 e. The number of rotatable bonds is 5. The van der Waals surface area contributed by atoms with Crippen LogP contribution in [0.4, 0.5) is 0 Å². The van der Waals surface area contributed by atoms with E-state index in [2.05, 4.69) is 11.2 Å². The molecule has 1 unspecified atom stereocenters. The summed E-state index contributed by atoms with van der Waals surface area (Å²) >= 11 is 0. The molecule has 0 aliphatic carbocycles. The van der Waals surface area contributed by atoms with E-state index in [1.807, 2.05) is 0 Å². The second kappa shape index (κ2) is 5.71. The van der Waals surface area contributed by atoms with Gasteiger partial charge in [0, 0.05) is 13.0 Å². The van der Waals surface area contributed by atoms with Gasteiger partial charge < -0.3 is 15.5 Å². The van der Waals surface area contributed by atoms with Gasteiger partial charge in [-0.15, -0.1) is 12.3 Å². The van der Waals surface area contributed by atoms with Gasteiger partial charge in [-0.1, -0.05) is 0 Å². The first-order valence-corrected chi connectivity index (χ1v) is 3.23. The summed E-state index contributed by atoms with van der Waals surface area (Å²) in [6.45, 7) is -0.00602. The number of carboxylic acids is 1. The highest BCUT2D eigenvalue weighted by molar-refractivity contribution is 5.73. The monoisotopic (exact) mass is 157 g/mol. The number of nitrogens with one attached hydrogen (secondary N) is 1. The Bertz CT molecular complexity index is 162. The maximum absolute atomic E-state index is 10.3. The molecule has 4 nitrogen and oxygen atoms in total. The summed E-state index contributed by atoms with van der Waals surface area (Å²) in [6.07, 6.45) is 5.39. The topological polar surface area (TPSA) is 69.6 Å². The normalized spacial score (nSPS) is 12.0. The van der Waals surface area contributed by atoms with Gasteiger partial charge in [0.1, 0.15) is 6.04 Å². The Morgan fingerprint density at radius 1 is 1.73 bits per heavy atom. The molecule has 0 saturated heterocycles. The van der Waals surface area contributed by atoms with E-state index in [0.29, 0.717) is 13.0 Å². The second-order valence-electron chi connectivity index (χ2n) is 1.98. The summed E-state index contributed by atoms with van der Waals surface area (Å²) in [5.74, 6) is 1.28. The molecule has 0 aliphatic heterocycles. The Balaban J connectivity index is 3.54. The maximum Gasteiger partial charge on any atom is 0.323 e. The lowest BCUT2D eigenvalue weighted by atomic mass is 10.3. The van der Waals surface area contributed by atoms with Crippen LogP contribution in [0.15, 0.2) is 0 Å². The highest BCUT2D eigenvalue weighted by atomic mass is 16.4. The Kier molecular flexibility index (Phi) is 5.17. The summed E-state index contributed by atoms with van der Waals surface area (Å²) in [7, 11) is 0. The van der Waals surface area contributed by atoms with E-state index in [1.54, 1.807) is 0 Å². The van der Waals surface area contributed by atoms with Gasteiger partial charge in [0.25, 0.3) is 0 Å². The summed E-state index contributed by atoms with van der Waals surface area (Å²) < 4.78 is 0. The molecule has 0 bridgehead atoms. The van der Waals surface area contributed by atoms with Crippen molar-refractivity contribution in [2.45, 2.75) is 12.5 Å². The highest BCUT2D eigenvalue weighted by Crippen LogP contribution is 1.82. The van der Waals surface area contributed by atoms with E-state index in [9.17, 15) is 4.79 Å². The molecule has 1 atom stereocenters. The lowest BCUT2D eigenvalue weighted by Gasteiger charge is -2.08. The van der Waals surface area contributed by atoms with Gasteiger partial charge >= 0.3 is 5.97 Å². The number of aliphatic hydroxyl groups excluding tert-OH is 1. The third-order valence-corrected chi connectivity index (χ3v) is 1.14. The zero-order valence-corrected chi connectivity index (χ0v) is 6.08. The van der Waals surface area contributed by atoms with Gasteiger partial charge in [-0.2, -0.15) is 0 Å². The van der Waals surface area contributed by atoms with Gasteiger partial charge in [0.15, 0.2) is 0 Å². The predicted molar refractivity (Wildman–Crippen MR) is 40.0 cm³/mol. The molecule has 0 radical (unpaired) electrons. The number of carbonyl (C=O) groups is 1. The number of aliphatic carboxylic acids is 1. The summed E-state index contributed by atoms with van der Waals surface area (Å²) in [5, 5.41) is 19.5. The van der Waals surface area contributed by atoms with Crippen molar-refractivity contribution in [1.82, 2.24) is 5.32 Å². The SMILES string of the molecule is C#CCCNC(CO)C(=O)O. The van der Waals surface area contributed by atoms with E-state index < -0.39 is 18.6 Å². The van der Waals surface area contributed by atoms with Crippen LogP contribution in [0.5, 0.6) is 0 Å². The Hall–Kier alpha value is -1.05. The van der Waals surface area contributed by atoms with Crippen molar-refractivity contribution < 1.29 is 15.0 Å². The van der Waals surface area contributed by atoms with Crippen LogP contribution in [0.3, 0.4) is 0 Å². The van der Waals surface area contributed by atoms with Crippen LogP contribution in [-0.4, -0.2) is 35.4 Å². The third kappa shape index (κ3) is 4.37. The first-order valence-electron chi connectivity index (χ1n) is 3.23. The van der Waals surface area contributed by atoms with Crippen LogP contribution in [0.2, 0.25) is 0 Å². The van der Waals surface area contributed by atoms with Crippen molar-refractivity contribution in [2.75, 3.05) is 13.2 Å². The van der Waals surface area contributed by atoms with E-state index >= 15 is 0 Å². The number of aliphatic hydroxyl groups is 1. The molecule has 62 valence electrons. The molecular formula is C7H11NO3. The minimum atomic E-state index is -1.07. The number of hydrogen-bond acceptors (Lipinski definition) is 3. The molecule has 0 aromatic rings. The van der Waals surface area contributed by atoms with E-state index in [0.717, 1.165) is 0 Å². The molecule has 11 heavy (non-hydrogen) atoms. The van der Waals surface area contributed by atoms with Crippen molar-refractivity contribution in [2.24, 2.45) is 0 Å². The number of carboxylic acid groups (broad SMARTS) is 1. The van der Waals surface area contributed by atoms with Crippen LogP contribution in [-0.2, 0) is 4.79 Å². The Morgan fingerprint density at radius 2 is 2.36 bits per heavy atom. The molecule has 0 spiro atoms. The molecule has 0 rings (SSSR count). The number of hydrogen-bond donors (Lipinski definition) is 3. The molecule has 0 aliphatic rings. The molecule has 0 aromatic carbocycles. The molecule has 0 saturated carbocycles. The van der Waals surface area contributed by atoms with Gasteiger partial charge in [-0.05, 0) is 0 Å². The fourth-order valence-electron chi connectivity index (χ4n) is 0.549. The smallest absolute Gasteiger partial charge is 0.323 e. The minimum absolute atomic E-state index is 0.411. The van der Waals surface area contributed by atoms with Gasteiger partial charge in [0.05, 0.1) is 6.61 Å². The first-order chi connectivity index (χ1) is 5.22. The van der Waals surface area contributed by atoms with Crippen LogP contribution >= 0.6 is 0 Å². The van der Waals surface area contributed by atoms with Gasteiger partial charge in [-0.25, -0.2) is 0 Å². The third-order valence-electron chi connectivity index (χ3n) is 1.14. The molecule has 3 N–H and O–H groups in total. The standard InChI is InChI=1S/C7H11NO3/c1-2-3-4-8-6(5-9)7(10)11/h1,6,8-9H,3-5H2,(H,10,11). The maximum atomic E-state index is 10.3. The average Bonchev–Trinajstić information content (AvgIpc) is 1.97.